The summed E-state index contributed by atoms with van der Waals surface area (Å²) < 4.78 is 16.6. The molecule has 3 aromatic rings. The third-order valence-electron chi connectivity index (χ3n) is 2.97. The molecular weight excluding hydrogens is 329 g/mol. The maximum Gasteiger partial charge on any atom is 0.201 e. The minimum absolute atomic E-state index is 0.332. The zero-order chi connectivity index (χ0) is 13.4. The number of aromatic nitrogens is 2. The van der Waals surface area contributed by atoms with Crippen LogP contribution in [0.25, 0.3) is 11.0 Å². The van der Waals surface area contributed by atoms with E-state index in [0.29, 0.717) is 18.0 Å². The summed E-state index contributed by atoms with van der Waals surface area (Å²) in [5.74, 6) is 0.0255. The molecule has 0 spiro atoms. The van der Waals surface area contributed by atoms with E-state index in [2.05, 4.69) is 27.0 Å². The van der Waals surface area contributed by atoms with Crippen LogP contribution in [0.1, 0.15) is 4.88 Å². The fraction of sp³-hybridized carbons (Fsp3) is 0.154. The molecule has 0 unspecified atom stereocenters. The molecule has 3 nitrogen and oxygen atoms in total. The van der Waals surface area contributed by atoms with Gasteiger partial charge in [-0.1, -0.05) is 6.07 Å². The molecule has 2 heterocycles. The third-order valence-corrected chi connectivity index (χ3v) is 4.65. The van der Waals surface area contributed by atoms with Gasteiger partial charge in [0.15, 0.2) is 5.82 Å². The summed E-state index contributed by atoms with van der Waals surface area (Å²) in [5.41, 5.74) is 6.95. The zero-order valence-electron chi connectivity index (χ0n) is 9.94. The summed E-state index contributed by atoms with van der Waals surface area (Å²) in [6, 6.07) is 9.01. The van der Waals surface area contributed by atoms with Crippen LogP contribution < -0.4 is 5.73 Å². The number of imidazole rings is 1. The summed E-state index contributed by atoms with van der Waals surface area (Å²) in [5, 5.41) is 0. The number of hydrogen-bond acceptors (Lipinski definition) is 3. The minimum Gasteiger partial charge on any atom is -0.369 e. The van der Waals surface area contributed by atoms with Crippen molar-refractivity contribution in [2.45, 2.75) is 13.0 Å². The molecule has 0 amide bonds. The molecule has 0 radical (unpaired) electrons. The van der Waals surface area contributed by atoms with Gasteiger partial charge in [-0.15, -0.1) is 11.3 Å². The van der Waals surface area contributed by atoms with E-state index in [4.69, 9.17) is 5.73 Å². The van der Waals surface area contributed by atoms with Crippen molar-refractivity contribution in [1.29, 1.82) is 0 Å². The van der Waals surface area contributed by atoms with Crippen LogP contribution in [-0.2, 0) is 13.0 Å². The molecule has 98 valence electrons. The van der Waals surface area contributed by atoms with Gasteiger partial charge >= 0.3 is 0 Å². The van der Waals surface area contributed by atoms with Gasteiger partial charge in [-0.2, -0.15) is 0 Å². The molecule has 3 rings (SSSR count). The van der Waals surface area contributed by atoms with E-state index in [0.717, 1.165) is 15.7 Å². The highest BCUT2D eigenvalue weighted by Gasteiger charge is 2.11. The maximum atomic E-state index is 13.6. The van der Waals surface area contributed by atoms with Gasteiger partial charge in [-0.05, 0) is 46.6 Å². The highest BCUT2D eigenvalue weighted by Crippen LogP contribution is 2.25. The molecule has 2 N–H and O–H groups in total. The van der Waals surface area contributed by atoms with Gasteiger partial charge in [0.1, 0.15) is 5.52 Å². The molecule has 0 aliphatic rings. The van der Waals surface area contributed by atoms with Crippen LogP contribution in [0.3, 0.4) is 0 Å². The first-order chi connectivity index (χ1) is 9.15. The van der Waals surface area contributed by atoms with Gasteiger partial charge in [-0.3, -0.25) is 0 Å². The number of thiophene rings is 1. The summed E-state index contributed by atoms with van der Waals surface area (Å²) >= 11 is 5.13. The lowest BCUT2D eigenvalue weighted by atomic mass is 10.3. The summed E-state index contributed by atoms with van der Waals surface area (Å²) in [4.78, 5) is 5.34. The molecule has 0 fully saturated rings. The summed E-state index contributed by atoms with van der Waals surface area (Å²) in [7, 11) is 0. The number of halogens is 2. The van der Waals surface area contributed by atoms with Crippen molar-refractivity contribution in [3.05, 3.63) is 44.8 Å². The molecule has 0 aliphatic carbocycles. The maximum absolute atomic E-state index is 13.6. The van der Waals surface area contributed by atoms with Gasteiger partial charge in [0.25, 0.3) is 0 Å². The zero-order valence-corrected chi connectivity index (χ0v) is 12.3. The number of rotatable bonds is 3. The monoisotopic (exact) mass is 339 g/mol. The molecule has 19 heavy (non-hydrogen) atoms. The predicted octanol–water partition coefficient (Wildman–Crippen LogP) is 3.82. The van der Waals surface area contributed by atoms with Crippen molar-refractivity contribution >= 4 is 44.2 Å². The highest BCUT2D eigenvalue weighted by atomic mass is 79.9. The number of para-hydroxylation sites is 1. The van der Waals surface area contributed by atoms with Crippen molar-refractivity contribution in [2.24, 2.45) is 0 Å². The number of aryl methyl sites for hydroxylation is 2. The third kappa shape index (κ3) is 2.37. The topological polar surface area (TPSA) is 43.8 Å². The Kier molecular flexibility index (Phi) is 3.28. The largest absolute Gasteiger partial charge is 0.369 e. The van der Waals surface area contributed by atoms with Crippen molar-refractivity contribution in [3.8, 4) is 0 Å². The number of nitrogens with two attached hydrogens (primary N) is 1. The smallest absolute Gasteiger partial charge is 0.201 e. The molecule has 1 aromatic carbocycles. The average molecular weight is 340 g/mol. The van der Waals surface area contributed by atoms with E-state index in [1.54, 1.807) is 17.4 Å². The SMILES string of the molecule is Nc1nc2c(F)cccc2n1CCc1ccc(Br)s1. The quantitative estimate of drug-likeness (QED) is 0.788. The fourth-order valence-electron chi connectivity index (χ4n) is 2.07. The van der Waals surface area contributed by atoms with Gasteiger partial charge in [0.05, 0.1) is 9.30 Å². The van der Waals surface area contributed by atoms with E-state index >= 15 is 0 Å². The molecule has 2 aromatic heterocycles. The standard InChI is InChI=1S/C13H11BrFN3S/c14-11-5-4-8(19-11)6-7-18-10-3-1-2-9(15)12(10)17-13(18)16/h1-5H,6-7H2,(H2,16,17). The van der Waals surface area contributed by atoms with Gasteiger partial charge in [-0.25, -0.2) is 9.37 Å². The molecule has 6 heteroatoms. The van der Waals surface area contributed by atoms with Crippen LogP contribution in [0.2, 0.25) is 0 Å². The van der Waals surface area contributed by atoms with Crippen LogP contribution in [0, 0.1) is 5.82 Å². The number of nitrogens with zero attached hydrogens (tertiary/aromatic N) is 2. The van der Waals surface area contributed by atoms with Gasteiger partial charge in [0.2, 0.25) is 5.95 Å². The second kappa shape index (κ2) is 4.94. The molecule has 0 atom stereocenters. The van der Waals surface area contributed by atoms with Crippen molar-refractivity contribution in [1.82, 2.24) is 9.55 Å². The Hall–Kier alpha value is -1.40. The Bertz CT molecular complexity index is 735. The second-order valence-electron chi connectivity index (χ2n) is 4.19. The number of benzene rings is 1. The first-order valence-electron chi connectivity index (χ1n) is 5.79. The second-order valence-corrected chi connectivity index (χ2v) is 6.73. The van der Waals surface area contributed by atoms with Gasteiger partial charge in [0, 0.05) is 11.4 Å². The Morgan fingerprint density at radius 1 is 1.32 bits per heavy atom. The fourth-order valence-corrected chi connectivity index (χ4v) is 3.55. The Morgan fingerprint density at radius 3 is 2.89 bits per heavy atom. The van der Waals surface area contributed by atoms with Crippen LogP contribution >= 0.6 is 27.3 Å². The Morgan fingerprint density at radius 2 is 2.16 bits per heavy atom. The lowest BCUT2D eigenvalue weighted by molar-refractivity contribution is 0.637. The molecule has 0 aliphatic heterocycles. The Labute approximate surface area is 122 Å². The normalized spacial score (nSPS) is 11.3. The predicted molar refractivity (Wildman–Crippen MR) is 79.8 cm³/mol. The van der Waals surface area contributed by atoms with E-state index in [-0.39, 0.29) is 5.82 Å². The van der Waals surface area contributed by atoms with E-state index in [1.165, 1.54) is 10.9 Å². The van der Waals surface area contributed by atoms with Crippen LogP contribution in [-0.4, -0.2) is 9.55 Å². The average Bonchev–Trinajstić information content (AvgIpc) is 2.92. The molecule has 0 saturated carbocycles. The molecular formula is C13H11BrFN3S. The van der Waals surface area contributed by atoms with Gasteiger partial charge < -0.3 is 10.3 Å². The highest BCUT2D eigenvalue weighted by molar-refractivity contribution is 9.11. The van der Waals surface area contributed by atoms with Crippen molar-refractivity contribution in [3.63, 3.8) is 0 Å². The van der Waals surface area contributed by atoms with Crippen LogP contribution in [0.4, 0.5) is 10.3 Å². The van der Waals surface area contributed by atoms with E-state index < -0.39 is 0 Å². The number of fused-ring (bicyclic) bond motifs is 1. The lowest BCUT2D eigenvalue weighted by Gasteiger charge is -2.05. The van der Waals surface area contributed by atoms with Crippen LogP contribution in [0.15, 0.2) is 34.1 Å². The van der Waals surface area contributed by atoms with Crippen molar-refractivity contribution in [2.75, 3.05) is 5.73 Å². The van der Waals surface area contributed by atoms with E-state index in [9.17, 15) is 4.39 Å². The number of nitrogen functional groups attached to an aromatic ring is 1. The van der Waals surface area contributed by atoms with Crippen molar-refractivity contribution < 1.29 is 4.39 Å². The lowest BCUT2D eigenvalue weighted by Crippen LogP contribution is -2.05. The molecule has 0 saturated heterocycles. The van der Waals surface area contributed by atoms with E-state index in [1.807, 2.05) is 16.7 Å². The van der Waals surface area contributed by atoms with Crippen LogP contribution in [0.5, 0.6) is 0 Å². The number of anilines is 1. The first kappa shape index (κ1) is 12.6. The minimum atomic E-state index is -0.332. The Balaban J connectivity index is 1.92. The summed E-state index contributed by atoms with van der Waals surface area (Å²) in [6.45, 7) is 0.693. The summed E-state index contributed by atoms with van der Waals surface area (Å²) in [6.07, 6.45) is 0.850. The first-order valence-corrected chi connectivity index (χ1v) is 7.40. The number of hydrogen-bond donors (Lipinski definition) is 1. The molecule has 0 bridgehead atoms.